The molecule has 2 aliphatic rings. The summed E-state index contributed by atoms with van der Waals surface area (Å²) in [5.74, 6) is 1.58. The van der Waals surface area contributed by atoms with Gasteiger partial charge in [0.1, 0.15) is 6.54 Å². The van der Waals surface area contributed by atoms with Crippen molar-refractivity contribution in [1.82, 2.24) is 20.0 Å². The van der Waals surface area contributed by atoms with Crippen LogP contribution in [-0.4, -0.2) is 58.8 Å². The van der Waals surface area contributed by atoms with E-state index in [1.54, 1.807) is 10.9 Å². The Morgan fingerprint density at radius 2 is 2.07 bits per heavy atom. The fourth-order valence-electron chi connectivity index (χ4n) is 3.79. The lowest BCUT2D eigenvalue weighted by molar-refractivity contribution is -0.120. The average molecular weight is 508 g/mol. The summed E-state index contributed by atoms with van der Waals surface area (Å²) in [6.45, 7) is 4.49. The Balaban J connectivity index is 0.00000240. The van der Waals surface area contributed by atoms with Crippen LogP contribution in [0.2, 0.25) is 0 Å². The molecule has 1 amide bonds. The van der Waals surface area contributed by atoms with Crippen LogP contribution in [0.15, 0.2) is 47.7 Å². The van der Waals surface area contributed by atoms with Crippen molar-refractivity contribution in [2.24, 2.45) is 18.0 Å². The molecule has 2 heterocycles. The van der Waals surface area contributed by atoms with Crippen LogP contribution in [0.3, 0.4) is 0 Å². The van der Waals surface area contributed by atoms with Crippen LogP contribution in [0.4, 0.5) is 5.69 Å². The molecule has 0 spiro atoms. The minimum absolute atomic E-state index is 0. The maximum atomic E-state index is 12.7. The number of halogens is 1. The van der Waals surface area contributed by atoms with Crippen molar-refractivity contribution >= 4 is 41.5 Å². The van der Waals surface area contributed by atoms with Gasteiger partial charge in [0.2, 0.25) is 5.91 Å². The first-order chi connectivity index (χ1) is 13.6. The lowest BCUT2D eigenvalue weighted by atomic mass is 10.1. The zero-order chi connectivity index (χ0) is 19.5. The molecule has 8 heteroatoms. The fourth-order valence-corrected chi connectivity index (χ4v) is 3.79. The van der Waals surface area contributed by atoms with Gasteiger partial charge in [0.05, 0.1) is 11.9 Å². The number of anilines is 1. The molecule has 4 rings (SSSR count). The number of aliphatic imine (C=N–C) groups is 1. The first-order valence-electron chi connectivity index (χ1n) is 10.0. The highest BCUT2D eigenvalue weighted by atomic mass is 127. The molecular weight excluding hydrogens is 479 g/mol. The number of benzene rings is 1. The van der Waals surface area contributed by atoms with Gasteiger partial charge in [-0.1, -0.05) is 30.3 Å². The van der Waals surface area contributed by atoms with Crippen LogP contribution in [0.25, 0.3) is 0 Å². The summed E-state index contributed by atoms with van der Waals surface area (Å²) in [6.07, 6.45) is 5.86. The van der Waals surface area contributed by atoms with E-state index in [1.165, 1.54) is 5.56 Å². The Kier molecular flexibility index (Phi) is 7.15. The van der Waals surface area contributed by atoms with Gasteiger partial charge in [-0.3, -0.25) is 14.5 Å². The van der Waals surface area contributed by atoms with E-state index in [9.17, 15) is 4.79 Å². The lowest BCUT2D eigenvalue weighted by Gasteiger charge is -2.35. The second-order valence-electron chi connectivity index (χ2n) is 7.57. The molecule has 1 aliphatic heterocycles. The second-order valence-corrected chi connectivity index (χ2v) is 7.57. The Labute approximate surface area is 189 Å². The molecule has 1 aromatic heterocycles. The Bertz CT molecular complexity index is 852. The predicted molar refractivity (Wildman–Crippen MR) is 126 cm³/mol. The van der Waals surface area contributed by atoms with Crippen LogP contribution >= 0.6 is 24.0 Å². The number of carbonyl (C=O) groups is 1. The SMILES string of the molecule is CCN=C(NC1CC1Cc1ccccc1)N1CCN(c2cnn(C)c2)C(=O)C1.I. The molecule has 1 N–H and O–H groups in total. The number of hydrogen-bond donors (Lipinski definition) is 1. The molecule has 1 aliphatic carbocycles. The van der Waals surface area contributed by atoms with Crippen LogP contribution in [-0.2, 0) is 18.3 Å². The van der Waals surface area contributed by atoms with Gasteiger partial charge in [-0.15, -0.1) is 24.0 Å². The number of guanidine groups is 1. The molecule has 156 valence electrons. The maximum Gasteiger partial charge on any atom is 0.246 e. The van der Waals surface area contributed by atoms with E-state index in [2.05, 4.69) is 50.6 Å². The van der Waals surface area contributed by atoms with E-state index in [0.717, 1.165) is 31.0 Å². The minimum Gasteiger partial charge on any atom is -0.353 e. The maximum absolute atomic E-state index is 12.7. The van der Waals surface area contributed by atoms with Gasteiger partial charge >= 0.3 is 0 Å². The van der Waals surface area contributed by atoms with E-state index in [0.29, 0.717) is 31.6 Å². The van der Waals surface area contributed by atoms with Crippen molar-refractivity contribution in [3.05, 3.63) is 48.3 Å². The van der Waals surface area contributed by atoms with E-state index in [1.807, 2.05) is 25.1 Å². The molecule has 0 radical (unpaired) electrons. The zero-order valence-corrected chi connectivity index (χ0v) is 19.3. The molecule has 0 bridgehead atoms. The number of nitrogens with zero attached hydrogens (tertiary/aromatic N) is 5. The van der Waals surface area contributed by atoms with Gasteiger partial charge < -0.3 is 15.1 Å². The van der Waals surface area contributed by atoms with Crippen LogP contribution < -0.4 is 10.2 Å². The smallest absolute Gasteiger partial charge is 0.246 e. The lowest BCUT2D eigenvalue weighted by Crippen LogP contribution is -2.55. The molecule has 1 saturated carbocycles. The summed E-state index contributed by atoms with van der Waals surface area (Å²) < 4.78 is 1.72. The molecule has 7 nitrogen and oxygen atoms in total. The third-order valence-electron chi connectivity index (χ3n) is 5.41. The quantitative estimate of drug-likeness (QED) is 0.383. The summed E-state index contributed by atoms with van der Waals surface area (Å²) in [7, 11) is 1.86. The monoisotopic (exact) mass is 508 g/mol. The molecule has 2 unspecified atom stereocenters. The van der Waals surface area contributed by atoms with Gasteiger partial charge in [-0.2, -0.15) is 5.10 Å². The molecular formula is C21H29IN6O. The standard InChI is InChI=1S/C21H28N6O.HI/c1-3-22-21(24-19-12-17(19)11-16-7-5-4-6-8-16)26-9-10-27(20(28)15-26)18-13-23-25(2)14-18;/h4-8,13-14,17,19H,3,9-12,15H2,1-2H3,(H,22,24);1H. The van der Waals surface area contributed by atoms with Gasteiger partial charge in [-0.05, 0) is 31.2 Å². The minimum atomic E-state index is 0. The molecule has 2 fully saturated rings. The third kappa shape index (κ3) is 5.29. The van der Waals surface area contributed by atoms with Crippen molar-refractivity contribution in [2.45, 2.75) is 25.8 Å². The normalized spacial score (nSPS) is 21.7. The number of aryl methyl sites for hydroxylation is 1. The summed E-state index contributed by atoms with van der Waals surface area (Å²) >= 11 is 0. The molecule has 2 aromatic rings. The first kappa shape index (κ1) is 21.6. The average Bonchev–Trinajstić information content (AvgIpc) is 3.27. The summed E-state index contributed by atoms with van der Waals surface area (Å²) in [6, 6.07) is 11.1. The van der Waals surface area contributed by atoms with Gasteiger partial charge in [0.25, 0.3) is 0 Å². The summed E-state index contributed by atoms with van der Waals surface area (Å²) in [5.41, 5.74) is 2.24. The third-order valence-corrected chi connectivity index (χ3v) is 5.41. The molecule has 29 heavy (non-hydrogen) atoms. The predicted octanol–water partition coefficient (Wildman–Crippen LogP) is 2.28. The number of aromatic nitrogens is 2. The van der Waals surface area contributed by atoms with Crippen molar-refractivity contribution in [3.8, 4) is 0 Å². The fraction of sp³-hybridized carbons (Fsp3) is 0.476. The van der Waals surface area contributed by atoms with Crippen molar-refractivity contribution in [3.63, 3.8) is 0 Å². The van der Waals surface area contributed by atoms with Crippen LogP contribution in [0.5, 0.6) is 0 Å². The van der Waals surface area contributed by atoms with Crippen molar-refractivity contribution in [1.29, 1.82) is 0 Å². The van der Waals surface area contributed by atoms with E-state index < -0.39 is 0 Å². The Hall–Kier alpha value is -2.10. The van der Waals surface area contributed by atoms with E-state index >= 15 is 0 Å². The summed E-state index contributed by atoms with van der Waals surface area (Å²) in [5, 5.41) is 7.77. The number of piperazine rings is 1. The largest absolute Gasteiger partial charge is 0.353 e. The highest BCUT2D eigenvalue weighted by molar-refractivity contribution is 14.0. The second kappa shape index (κ2) is 9.60. The highest BCUT2D eigenvalue weighted by Crippen LogP contribution is 2.34. The van der Waals surface area contributed by atoms with Crippen LogP contribution in [0.1, 0.15) is 18.9 Å². The zero-order valence-electron chi connectivity index (χ0n) is 17.0. The Morgan fingerprint density at radius 3 is 2.72 bits per heavy atom. The van der Waals surface area contributed by atoms with E-state index in [4.69, 9.17) is 0 Å². The molecule has 1 saturated heterocycles. The highest BCUT2D eigenvalue weighted by Gasteiger charge is 2.39. The molecule has 1 aromatic carbocycles. The number of hydrogen-bond acceptors (Lipinski definition) is 3. The van der Waals surface area contributed by atoms with Gasteiger partial charge in [-0.25, -0.2) is 0 Å². The van der Waals surface area contributed by atoms with Crippen LogP contribution in [0, 0.1) is 5.92 Å². The first-order valence-corrected chi connectivity index (χ1v) is 10.0. The van der Waals surface area contributed by atoms with Crippen molar-refractivity contribution < 1.29 is 4.79 Å². The summed E-state index contributed by atoms with van der Waals surface area (Å²) in [4.78, 5) is 21.2. The van der Waals surface area contributed by atoms with Crippen molar-refractivity contribution in [2.75, 3.05) is 31.1 Å². The number of nitrogens with one attached hydrogen (secondary N) is 1. The number of rotatable bonds is 5. The van der Waals surface area contributed by atoms with Gasteiger partial charge in [0, 0.05) is 38.9 Å². The molecule has 2 atom stereocenters. The number of amides is 1. The van der Waals surface area contributed by atoms with E-state index in [-0.39, 0.29) is 29.9 Å². The Morgan fingerprint density at radius 1 is 1.28 bits per heavy atom. The van der Waals surface area contributed by atoms with Gasteiger partial charge in [0.15, 0.2) is 5.96 Å². The topological polar surface area (TPSA) is 65.8 Å². The number of carbonyl (C=O) groups excluding carboxylic acids is 1.